The minimum absolute atomic E-state index is 0.0110. The molecule has 0 unspecified atom stereocenters. The van der Waals surface area contributed by atoms with E-state index >= 15 is 0 Å². The fourth-order valence-electron chi connectivity index (χ4n) is 4.07. The third-order valence-corrected chi connectivity index (χ3v) is 7.15. The van der Waals surface area contributed by atoms with Gasteiger partial charge in [0, 0.05) is 18.2 Å². The zero-order valence-electron chi connectivity index (χ0n) is 21.5. The average molecular weight is 538 g/mol. The molecule has 0 aromatic heterocycles. The smallest absolute Gasteiger partial charge is 0.328 e. The third kappa shape index (κ3) is 8.74. The quantitative estimate of drug-likeness (QED) is 0.201. The number of amides is 2. The van der Waals surface area contributed by atoms with E-state index in [9.17, 15) is 14.4 Å². The van der Waals surface area contributed by atoms with Crippen LogP contribution < -0.4 is 15.8 Å². The second-order valence-electron chi connectivity index (χ2n) is 9.16. The number of carbonyl (C=O) groups excluding carboxylic acids is 3. The van der Waals surface area contributed by atoms with Crippen molar-refractivity contribution in [1.29, 1.82) is 0 Å². The number of esters is 1. The molecule has 0 radical (unpaired) electrons. The van der Waals surface area contributed by atoms with E-state index in [1.54, 1.807) is 22.7 Å². The van der Waals surface area contributed by atoms with Crippen molar-refractivity contribution in [3.05, 3.63) is 42.5 Å². The molecule has 1 aromatic rings. The van der Waals surface area contributed by atoms with Crippen LogP contribution in [0.4, 0.5) is 0 Å². The van der Waals surface area contributed by atoms with Gasteiger partial charge in [-0.3, -0.25) is 9.59 Å². The van der Waals surface area contributed by atoms with Crippen molar-refractivity contribution in [2.45, 2.75) is 50.9 Å². The van der Waals surface area contributed by atoms with Gasteiger partial charge in [-0.05, 0) is 36.5 Å². The molecular weight excluding hydrogens is 498 g/mol. The molecule has 0 saturated carbocycles. The summed E-state index contributed by atoms with van der Waals surface area (Å²) in [4.78, 5) is 41.0. The van der Waals surface area contributed by atoms with Crippen LogP contribution in [0.25, 0.3) is 0 Å². The van der Waals surface area contributed by atoms with Crippen LogP contribution in [-0.4, -0.2) is 78.3 Å². The average Bonchev–Trinajstić information content (AvgIpc) is 3.30. The van der Waals surface area contributed by atoms with Crippen LogP contribution in [0.1, 0.15) is 26.7 Å². The molecule has 2 rings (SSSR count). The van der Waals surface area contributed by atoms with Crippen molar-refractivity contribution in [3.8, 4) is 5.75 Å². The van der Waals surface area contributed by atoms with Crippen molar-refractivity contribution in [2.75, 3.05) is 31.4 Å². The van der Waals surface area contributed by atoms with Crippen LogP contribution in [0.2, 0.25) is 0 Å². The molecule has 2 amide bonds. The van der Waals surface area contributed by atoms with Gasteiger partial charge in [0.25, 0.3) is 0 Å². The second kappa shape index (κ2) is 15.2. The number of thioether (sulfide) groups is 1. The van der Waals surface area contributed by atoms with Crippen LogP contribution in [0.5, 0.6) is 5.75 Å². The van der Waals surface area contributed by atoms with Gasteiger partial charge in [0.1, 0.15) is 23.9 Å². The number of carbonyl (C=O) groups is 3. The number of rotatable bonds is 13. The molecule has 36 heavy (non-hydrogen) atoms. The Morgan fingerprint density at radius 2 is 1.94 bits per heavy atom. The predicted molar refractivity (Wildman–Crippen MR) is 147 cm³/mol. The van der Waals surface area contributed by atoms with Crippen molar-refractivity contribution >= 4 is 42.2 Å². The highest BCUT2D eigenvalue weighted by Gasteiger charge is 2.43. The van der Waals surface area contributed by atoms with Crippen LogP contribution in [0, 0.1) is 11.8 Å². The molecule has 0 spiro atoms. The monoisotopic (exact) mass is 537 g/mol. The summed E-state index contributed by atoms with van der Waals surface area (Å²) in [6.07, 6.45) is 5.90. The molecule has 3 N–H and O–H groups in total. The van der Waals surface area contributed by atoms with Gasteiger partial charge in [-0.15, -0.1) is 0 Å². The molecule has 5 atom stereocenters. The number of hydrogen-bond donors (Lipinski definition) is 3. The lowest BCUT2D eigenvalue weighted by atomic mass is 9.93. The molecule has 1 fully saturated rings. The van der Waals surface area contributed by atoms with Crippen molar-refractivity contribution in [3.63, 3.8) is 0 Å². The molecule has 1 aromatic carbocycles. The molecule has 1 heterocycles. The fraction of sp³-hybridized carbons (Fsp3) is 0.577. The Kier molecular flexibility index (Phi) is 12.7. The van der Waals surface area contributed by atoms with Gasteiger partial charge < -0.3 is 25.4 Å². The summed E-state index contributed by atoms with van der Waals surface area (Å²) in [5, 5.41) is 2.82. The molecule has 200 valence electrons. The van der Waals surface area contributed by atoms with E-state index in [0.717, 1.165) is 0 Å². The van der Waals surface area contributed by atoms with Gasteiger partial charge in [-0.2, -0.15) is 24.4 Å². The number of nitrogens with one attached hydrogen (secondary N) is 1. The molecule has 8 nitrogen and oxygen atoms in total. The number of methoxy groups -OCH3 is 1. The largest absolute Gasteiger partial charge is 0.488 e. The van der Waals surface area contributed by atoms with Crippen LogP contribution in [0.15, 0.2) is 42.5 Å². The maximum absolute atomic E-state index is 13.7. The first-order chi connectivity index (χ1) is 17.2. The zero-order chi connectivity index (χ0) is 26.7. The number of ether oxygens (including phenoxy) is 2. The van der Waals surface area contributed by atoms with Gasteiger partial charge in [0.2, 0.25) is 11.8 Å². The number of nitrogens with two attached hydrogens (primary N) is 1. The Labute approximate surface area is 224 Å². The minimum Gasteiger partial charge on any atom is -0.488 e. The Morgan fingerprint density at radius 1 is 1.25 bits per heavy atom. The van der Waals surface area contributed by atoms with Gasteiger partial charge in [-0.25, -0.2) is 4.79 Å². The van der Waals surface area contributed by atoms with Crippen molar-refractivity contribution in [1.82, 2.24) is 10.2 Å². The summed E-state index contributed by atoms with van der Waals surface area (Å²) in [6.45, 7) is 4.17. The molecule has 1 aliphatic heterocycles. The Hall–Kier alpha value is -2.17. The van der Waals surface area contributed by atoms with E-state index in [1.807, 2.05) is 56.5 Å². The first-order valence-corrected chi connectivity index (χ1v) is 14.2. The van der Waals surface area contributed by atoms with E-state index in [-0.39, 0.29) is 30.5 Å². The van der Waals surface area contributed by atoms with E-state index in [0.29, 0.717) is 30.1 Å². The highest BCUT2D eigenvalue weighted by Crippen LogP contribution is 2.27. The van der Waals surface area contributed by atoms with Crippen LogP contribution in [0.3, 0.4) is 0 Å². The van der Waals surface area contributed by atoms with Crippen molar-refractivity contribution < 1.29 is 23.9 Å². The predicted octanol–water partition coefficient (Wildman–Crippen LogP) is 2.53. The lowest BCUT2D eigenvalue weighted by Gasteiger charge is -2.29. The first-order valence-electron chi connectivity index (χ1n) is 12.2. The van der Waals surface area contributed by atoms with Gasteiger partial charge in [0.15, 0.2) is 0 Å². The number of likely N-dealkylation sites (tertiary alicyclic amines) is 1. The number of benzene rings is 1. The summed E-state index contributed by atoms with van der Waals surface area (Å²) >= 11 is 5.78. The highest BCUT2D eigenvalue weighted by molar-refractivity contribution is 7.98. The maximum atomic E-state index is 13.7. The second-order valence-corrected chi connectivity index (χ2v) is 10.5. The standard InChI is InChI=1S/C26H39N3O5S2/c1-17(2)21(11-10-18(27)16-35)25(31)29-15-20(34-19-8-6-5-7-9-19)14-23(29)24(30)28-22(12-13-36-4)26(32)33-3/h5-11,17-18,20-23,35H,12-16,27H2,1-4H3,(H,28,30)/b11-10+/t18-,20+,21+,22+,23+/m1/s1. The number of para-hydroxylation sites is 1. The summed E-state index contributed by atoms with van der Waals surface area (Å²) < 4.78 is 11.0. The van der Waals surface area contributed by atoms with Gasteiger partial charge in [0.05, 0.1) is 19.6 Å². The van der Waals surface area contributed by atoms with E-state index in [1.165, 1.54) is 7.11 Å². The third-order valence-electron chi connectivity index (χ3n) is 6.09. The van der Waals surface area contributed by atoms with Gasteiger partial charge in [-0.1, -0.05) is 44.2 Å². The number of hydrogen-bond acceptors (Lipinski definition) is 8. The molecule has 10 heteroatoms. The van der Waals surface area contributed by atoms with E-state index in [2.05, 4.69) is 17.9 Å². The molecule has 1 saturated heterocycles. The van der Waals surface area contributed by atoms with Crippen LogP contribution in [-0.2, 0) is 19.1 Å². The molecule has 0 aliphatic carbocycles. The molecule has 1 aliphatic rings. The lowest BCUT2D eigenvalue weighted by molar-refractivity contribution is -0.146. The summed E-state index contributed by atoms with van der Waals surface area (Å²) in [6, 6.07) is 7.48. The van der Waals surface area contributed by atoms with E-state index < -0.39 is 29.9 Å². The molecule has 0 bridgehead atoms. The fourth-order valence-corrected chi connectivity index (χ4v) is 4.66. The SMILES string of the molecule is COC(=O)[C@H](CCSC)NC(=O)[C@@H]1C[C@H](Oc2ccccc2)CN1C(=O)[C@@H](/C=C/[C@@H](N)CS)C(C)C. The van der Waals surface area contributed by atoms with Crippen molar-refractivity contribution in [2.24, 2.45) is 17.6 Å². The van der Waals surface area contributed by atoms with Crippen LogP contribution >= 0.6 is 24.4 Å². The number of nitrogens with zero attached hydrogens (tertiary/aromatic N) is 1. The highest BCUT2D eigenvalue weighted by atomic mass is 32.2. The lowest BCUT2D eigenvalue weighted by Crippen LogP contribution is -2.52. The van der Waals surface area contributed by atoms with Gasteiger partial charge >= 0.3 is 5.97 Å². The van der Waals surface area contributed by atoms with E-state index in [4.69, 9.17) is 15.2 Å². The number of thiol groups is 1. The Balaban J connectivity index is 2.29. The Morgan fingerprint density at radius 3 is 2.53 bits per heavy atom. The maximum Gasteiger partial charge on any atom is 0.328 e. The normalized spacial score (nSPS) is 20.2. The minimum atomic E-state index is -0.782. The Bertz CT molecular complexity index is 884. The molecular formula is C26H39N3O5S2. The summed E-state index contributed by atoms with van der Waals surface area (Å²) in [5.41, 5.74) is 5.98. The topological polar surface area (TPSA) is 111 Å². The summed E-state index contributed by atoms with van der Waals surface area (Å²) in [7, 11) is 1.30. The summed E-state index contributed by atoms with van der Waals surface area (Å²) in [5.74, 6) is 0.263. The zero-order valence-corrected chi connectivity index (χ0v) is 23.2. The first kappa shape index (κ1) is 30.1.